The highest BCUT2D eigenvalue weighted by molar-refractivity contribution is 6.31. The zero-order valence-corrected chi connectivity index (χ0v) is 15.6. The van der Waals surface area contributed by atoms with E-state index in [1.54, 1.807) is 0 Å². The number of amides is 1. The Balaban J connectivity index is 1.62. The van der Waals surface area contributed by atoms with Gasteiger partial charge in [0.2, 0.25) is 5.91 Å². The average Bonchev–Trinajstić information content (AvgIpc) is 2.60. The van der Waals surface area contributed by atoms with Crippen molar-refractivity contribution in [2.24, 2.45) is 5.92 Å². The molecule has 3 rings (SSSR count). The Morgan fingerprint density at radius 2 is 2.04 bits per heavy atom. The second-order valence-electron chi connectivity index (χ2n) is 6.97. The van der Waals surface area contributed by atoms with Gasteiger partial charge in [-0.1, -0.05) is 47.5 Å². The molecule has 1 aliphatic heterocycles. The first-order valence-corrected chi connectivity index (χ1v) is 9.24. The van der Waals surface area contributed by atoms with Crippen LogP contribution < -0.4 is 5.32 Å². The molecular formula is C21H25ClN2O. The molecule has 0 radical (unpaired) electrons. The van der Waals surface area contributed by atoms with E-state index < -0.39 is 0 Å². The number of anilines is 1. The highest BCUT2D eigenvalue weighted by Gasteiger charge is 2.26. The van der Waals surface area contributed by atoms with Crippen LogP contribution >= 0.6 is 11.6 Å². The topological polar surface area (TPSA) is 32.3 Å². The summed E-state index contributed by atoms with van der Waals surface area (Å²) in [5, 5.41) is 3.91. The number of benzene rings is 2. The molecule has 1 atom stereocenters. The molecule has 1 saturated heterocycles. The maximum atomic E-state index is 12.7. The third-order valence-electron chi connectivity index (χ3n) is 4.87. The first-order valence-electron chi connectivity index (χ1n) is 8.87. The van der Waals surface area contributed by atoms with Crippen LogP contribution in [-0.2, 0) is 11.3 Å². The van der Waals surface area contributed by atoms with Gasteiger partial charge in [0.15, 0.2) is 0 Å². The summed E-state index contributed by atoms with van der Waals surface area (Å²) in [5.41, 5.74) is 4.36. The number of likely N-dealkylation sites (tertiary alicyclic amines) is 1. The molecule has 1 aliphatic rings. The summed E-state index contributed by atoms with van der Waals surface area (Å²) in [5.74, 6) is 0.146. The van der Waals surface area contributed by atoms with Crippen molar-refractivity contribution < 1.29 is 4.79 Å². The van der Waals surface area contributed by atoms with E-state index in [1.165, 1.54) is 5.56 Å². The largest absolute Gasteiger partial charge is 0.326 e. The zero-order chi connectivity index (χ0) is 17.8. The number of hydrogen-bond acceptors (Lipinski definition) is 2. The molecule has 2 aromatic rings. The van der Waals surface area contributed by atoms with Crippen molar-refractivity contribution in [2.45, 2.75) is 33.2 Å². The fourth-order valence-electron chi connectivity index (χ4n) is 3.47. The fourth-order valence-corrected chi connectivity index (χ4v) is 3.66. The van der Waals surface area contributed by atoms with Gasteiger partial charge in [0, 0.05) is 23.8 Å². The van der Waals surface area contributed by atoms with E-state index in [9.17, 15) is 4.79 Å². The van der Waals surface area contributed by atoms with Crippen LogP contribution in [0.1, 0.15) is 29.5 Å². The lowest BCUT2D eigenvalue weighted by molar-refractivity contribution is -0.121. The highest BCUT2D eigenvalue weighted by atomic mass is 35.5. The van der Waals surface area contributed by atoms with E-state index >= 15 is 0 Å². The number of piperidine rings is 1. The Morgan fingerprint density at radius 3 is 2.80 bits per heavy atom. The van der Waals surface area contributed by atoms with Gasteiger partial charge in [0.25, 0.3) is 0 Å². The maximum Gasteiger partial charge on any atom is 0.228 e. The maximum absolute atomic E-state index is 12.7. The number of carbonyl (C=O) groups excluding carboxylic acids is 1. The molecule has 3 nitrogen and oxygen atoms in total. The predicted octanol–water partition coefficient (Wildman–Crippen LogP) is 4.81. The van der Waals surface area contributed by atoms with Gasteiger partial charge < -0.3 is 5.32 Å². The molecule has 132 valence electrons. The summed E-state index contributed by atoms with van der Waals surface area (Å²) in [6.45, 7) is 6.69. The average molecular weight is 357 g/mol. The van der Waals surface area contributed by atoms with Crippen LogP contribution in [0.2, 0.25) is 5.02 Å². The first-order chi connectivity index (χ1) is 12.0. The monoisotopic (exact) mass is 356 g/mol. The predicted molar refractivity (Wildman–Crippen MR) is 104 cm³/mol. The number of carbonyl (C=O) groups is 1. The summed E-state index contributed by atoms with van der Waals surface area (Å²) in [7, 11) is 0. The standard InChI is InChI=1S/C21H25ClN2O/c1-15-9-10-20(16(2)12-15)23-21(25)18-7-5-11-24(14-18)13-17-6-3-4-8-19(17)22/h3-4,6,8-10,12,18H,5,7,11,13-14H2,1-2H3,(H,23,25)/t18-/m0/s1. The Labute approximate surface area is 155 Å². The van der Waals surface area contributed by atoms with E-state index in [-0.39, 0.29) is 11.8 Å². The van der Waals surface area contributed by atoms with Crippen molar-refractivity contribution in [3.05, 3.63) is 64.2 Å². The summed E-state index contributed by atoms with van der Waals surface area (Å²) >= 11 is 6.27. The van der Waals surface area contributed by atoms with E-state index in [0.29, 0.717) is 0 Å². The van der Waals surface area contributed by atoms with Gasteiger partial charge in [-0.3, -0.25) is 9.69 Å². The highest BCUT2D eigenvalue weighted by Crippen LogP contribution is 2.24. The smallest absolute Gasteiger partial charge is 0.228 e. The van der Waals surface area contributed by atoms with Gasteiger partial charge in [-0.15, -0.1) is 0 Å². The molecule has 1 heterocycles. The van der Waals surface area contributed by atoms with Gasteiger partial charge in [-0.05, 0) is 56.5 Å². The van der Waals surface area contributed by atoms with E-state index in [1.807, 2.05) is 37.3 Å². The van der Waals surface area contributed by atoms with E-state index in [4.69, 9.17) is 11.6 Å². The Hall–Kier alpha value is -1.84. The number of hydrogen-bond donors (Lipinski definition) is 1. The van der Waals surface area contributed by atoms with Crippen LogP contribution in [0.4, 0.5) is 5.69 Å². The van der Waals surface area contributed by atoms with E-state index in [0.717, 1.165) is 54.3 Å². The van der Waals surface area contributed by atoms with Crippen molar-refractivity contribution in [3.8, 4) is 0 Å². The molecule has 1 N–H and O–H groups in total. The SMILES string of the molecule is Cc1ccc(NC(=O)[C@H]2CCCN(Cc3ccccc3Cl)C2)c(C)c1. The second-order valence-corrected chi connectivity index (χ2v) is 7.38. The lowest BCUT2D eigenvalue weighted by atomic mass is 9.96. The Morgan fingerprint density at radius 1 is 1.24 bits per heavy atom. The minimum Gasteiger partial charge on any atom is -0.326 e. The van der Waals surface area contributed by atoms with Gasteiger partial charge in [0.05, 0.1) is 5.92 Å². The molecule has 1 amide bonds. The molecule has 0 bridgehead atoms. The van der Waals surface area contributed by atoms with Crippen molar-refractivity contribution in [3.63, 3.8) is 0 Å². The molecule has 0 spiro atoms. The third-order valence-corrected chi connectivity index (χ3v) is 5.24. The molecular weight excluding hydrogens is 332 g/mol. The van der Waals surface area contributed by atoms with Crippen LogP contribution in [0.15, 0.2) is 42.5 Å². The summed E-state index contributed by atoms with van der Waals surface area (Å²) in [6, 6.07) is 14.1. The van der Waals surface area contributed by atoms with Crippen LogP contribution in [0.3, 0.4) is 0 Å². The van der Waals surface area contributed by atoms with Crippen molar-refractivity contribution in [1.82, 2.24) is 4.90 Å². The van der Waals surface area contributed by atoms with Crippen molar-refractivity contribution in [2.75, 3.05) is 18.4 Å². The summed E-state index contributed by atoms with van der Waals surface area (Å²) < 4.78 is 0. The normalized spacial score (nSPS) is 18.1. The number of nitrogens with one attached hydrogen (secondary N) is 1. The minimum absolute atomic E-state index is 0.0249. The lowest BCUT2D eigenvalue weighted by Crippen LogP contribution is -2.40. The van der Waals surface area contributed by atoms with E-state index in [2.05, 4.69) is 29.3 Å². The zero-order valence-electron chi connectivity index (χ0n) is 14.9. The second kappa shape index (κ2) is 8.03. The summed E-state index contributed by atoms with van der Waals surface area (Å²) in [6.07, 6.45) is 1.98. The Bertz CT molecular complexity index is 759. The molecule has 1 fully saturated rings. The molecule has 0 unspecified atom stereocenters. The molecule has 2 aromatic carbocycles. The molecule has 0 saturated carbocycles. The van der Waals surface area contributed by atoms with Gasteiger partial charge in [0.1, 0.15) is 0 Å². The molecule has 25 heavy (non-hydrogen) atoms. The third kappa shape index (κ3) is 4.62. The van der Waals surface area contributed by atoms with Gasteiger partial charge in [-0.25, -0.2) is 0 Å². The van der Waals surface area contributed by atoms with Gasteiger partial charge in [-0.2, -0.15) is 0 Å². The number of aryl methyl sites for hydroxylation is 2. The van der Waals surface area contributed by atoms with Crippen molar-refractivity contribution >= 4 is 23.2 Å². The van der Waals surface area contributed by atoms with Crippen LogP contribution in [-0.4, -0.2) is 23.9 Å². The Kier molecular flexibility index (Phi) is 5.77. The van der Waals surface area contributed by atoms with Crippen LogP contribution in [0.5, 0.6) is 0 Å². The molecule has 4 heteroatoms. The number of nitrogens with zero attached hydrogens (tertiary/aromatic N) is 1. The van der Waals surface area contributed by atoms with Crippen LogP contribution in [0.25, 0.3) is 0 Å². The number of halogens is 1. The fraction of sp³-hybridized carbons (Fsp3) is 0.381. The number of rotatable bonds is 4. The first kappa shape index (κ1) is 18.0. The van der Waals surface area contributed by atoms with Crippen LogP contribution in [0, 0.1) is 19.8 Å². The molecule has 0 aliphatic carbocycles. The lowest BCUT2D eigenvalue weighted by Gasteiger charge is -2.32. The summed E-state index contributed by atoms with van der Waals surface area (Å²) in [4.78, 5) is 15.0. The molecule has 0 aromatic heterocycles. The minimum atomic E-state index is 0.0249. The van der Waals surface area contributed by atoms with Gasteiger partial charge >= 0.3 is 0 Å². The quantitative estimate of drug-likeness (QED) is 0.852. The van der Waals surface area contributed by atoms with Crippen molar-refractivity contribution in [1.29, 1.82) is 0 Å².